The summed E-state index contributed by atoms with van der Waals surface area (Å²) in [5.74, 6) is 3.72. The Balaban J connectivity index is 1.49. The quantitative estimate of drug-likeness (QED) is 0.512. The smallest absolute Gasteiger partial charge is 0.137 e. The van der Waals surface area contributed by atoms with E-state index in [0.717, 1.165) is 29.4 Å². The third kappa shape index (κ3) is 5.94. The number of rotatable bonds is 8. The topological polar surface area (TPSA) is 18.5 Å². The summed E-state index contributed by atoms with van der Waals surface area (Å²) in [5, 5.41) is 0. The highest BCUT2D eigenvalue weighted by molar-refractivity contribution is 7.95. The molecule has 2 aromatic rings. The van der Waals surface area contributed by atoms with Crippen LogP contribution in [0.15, 0.2) is 60.7 Å². The van der Waals surface area contributed by atoms with E-state index in [1.54, 1.807) is 0 Å². The first kappa shape index (κ1) is 14.2. The Morgan fingerprint density at radius 3 is 1.47 bits per heavy atom. The molecule has 2 rings (SSSR count). The summed E-state index contributed by atoms with van der Waals surface area (Å²) in [6.45, 7) is 0. The van der Waals surface area contributed by atoms with Crippen LogP contribution in [0.25, 0.3) is 0 Å². The van der Waals surface area contributed by atoms with Gasteiger partial charge in [-0.25, -0.2) is 0 Å². The first-order chi connectivity index (χ1) is 9.45. The van der Waals surface area contributed by atoms with Gasteiger partial charge in [0.1, 0.15) is 11.5 Å². The second kappa shape index (κ2) is 8.77. The lowest BCUT2D eigenvalue weighted by Crippen LogP contribution is -1.90. The molecule has 2 aromatic carbocycles. The van der Waals surface area contributed by atoms with Gasteiger partial charge in [0.15, 0.2) is 0 Å². The minimum atomic E-state index is 0.903. The maximum atomic E-state index is 5.54. The highest BCUT2D eigenvalue weighted by atomic mass is 32.2. The Hall–Kier alpha value is -1.26. The van der Waals surface area contributed by atoms with Crippen molar-refractivity contribution in [3.05, 3.63) is 60.7 Å². The first-order valence-corrected chi connectivity index (χ1v) is 7.96. The molecule has 4 heteroatoms. The fraction of sp³-hybridized carbons (Fsp3) is 0.200. The predicted molar refractivity (Wildman–Crippen MR) is 83.7 cm³/mol. The van der Waals surface area contributed by atoms with Gasteiger partial charge in [-0.05, 0) is 30.7 Å². The molecule has 2 nitrogen and oxygen atoms in total. The summed E-state index contributed by atoms with van der Waals surface area (Å²) in [5.41, 5.74) is 0. The number of para-hydroxylation sites is 2. The Bertz CT molecular complexity index is 405. The maximum Gasteiger partial charge on any atom is 0.137 e. The molecule has 0 spiro atoms. The zero-order valence-electron chi connectivity index (χ0n) is 10.5. The predicted octanol–water partition coefficient (Wildman–Crippen LogP) is 4.83. The lowest BCUT2D eigenvalue weighted by Gasteiger charge is -2.04. The highest BCUT2D eigenvalue weighted by Crippen LogP contribution is 2.18. The molecule has 0 N–H and O–H groups in total. The molecule has 0 saturated carbocycles. The van der Waals surface area contributed by atoms with Gasteiger partial charge in [0, 0.05) is 11.5 Å². The second-order valence-corrected chi connectivity index (χ2v) is 5.41. The van der Waals surface area contributed by atoms with Gasteiger partial charge in [0.25, 0.3) is 0 Å². The van der Waals surface area contributed by atoms with E-state index < -0.39 is 0 Å². The van der Waals surface area contributed by atoms with Crippen LogP contribution in [0.4, 0.5) is 0 Å². The normalized spacial score (nSPS) is 10.1. The van der Waals surface area contributed by atoms with Crippen molar-refractivity contribution in [2.24, 2.45) is 0 Å². The molecule has 0 aliphatic rings. The van der Waals surface area contributed by atoms with E-state index in [2.05, 4.69) is 0 Å². The van der Waals surface area contributed by atoms with Gasteiger partial charge < -0.3 is 8.37 Å². The largest absolute Gasteiger partial charge is 0.426 e. The van der Waals surface area contributed by atoms with E-state index in [0.29, 0.717) is 0 Å². The van der Waals surface area contributed by atoms with Crippen LogP contribution < -0.4 is 8.37 Å². The van der Waals surface area contributed by atoms with Crippen molar-refractivity contribution in [1.82, 2.24) is 0 Å². The van der Waals surface area contributed by atoms with E-state index in [-0.39, 0.29) is 0 Å². The van der Waals surface area contributed by atoms with Crippen molar-refractivity contribution >= 4 is 24.1 Å². The van der Waals surface area contributed by atoms with Crippen molar-refractivity contribution in [1.29, 1.82) is 0 Å². The minimum absolute atomic E-state index is 0.903. The Labute approximate surface area is 122 Å². The molecular weight excluding hydrogens is 276 g/mol. The monoisotopic (exact) mass is 292 g/mol. The fourth-order valence-corrected chi connectivity index (χ4v) is 2.72. The molecule has 0 aliphatic carbocycles. The zero-order valence-corrected chi connectivity index (χ0v) is 12.2. The van der Waals surface area contributed by atoms with Crippen LogP contribution in [0.5, 0.6) is 11.5 Å². The van der Waals surface area contributed by atoms with Crippen LogP contribution >= 0.6 is 24.1 Å². The van der Waals surface area contributed by atoms with Gasteiger partial charge in [0.2, 0.25) is 0 Å². The average molecular weight is 292 g/mol. The van der Waals surface area contributed by atoms with Crippen LogP contribution in [0.1, 0.15) is 6.42 Å². The summed E-state index contributed by atoms with van der Waals surface area (Å²) in [7, 11) is 0. The van der Waals surface area contributed by atoms with Crippen LogP contribution in [-0.4, -0.2) is 11.5 Å². The molecular formula is C15H16O2S2. The number of benzene rings is 2. The number of hydrogen-bond acceptors (Lipinski definition) is 4. The molecule has 0 radical (unpaired) electrons. The summed E-state index contributed by atoms with van der Waals surface area (Å²) in [4.78, 5) is 0. The summed E-state index contributed by atoms with van der Waals surface area (Å²) in [6.07, 6.45) is 1.05. The molecule has 0 atom stereocenters. The van der Waals surface area contributed by atoms with Gasteiger partial charge in [0.05, 0.1) is 24.1 Å². The fourth-order valence-electron chi connectivity index (χ4n) is 1.35. The summed E-state index contributed by atoms with van der Waals surface area (Å²) in [6, 6.07) is 19.7. The molecule has 0 amide bonds. The lowest BCUT2D eigenvalue weighted by molar-refractivity contribution is 0.640. The third-order valence-corrected chi connectivity index (χ3v) is 3.78. The standard InChI is InChI=1S/C15H16O2S2/c1-3-8-14(9-4-1)16-18-12-7-13-19-17-15-10-5-2-6-11-15/h1-6,8-11H,7,12-13H2. The molecule has 100 valence electrons. The van der Waals surface area contributed by atoms with Gasteiger partial charge in [-0.15, -0.1) is 0 Å². The van der Waals surface area contributed by atoms with Crippen LogP contribution in [0.3, 0.4) is 0 Å². The van der Waals surface area contributed by atoms with E-state index in [4.69, 9.17) is 8.37 Å². The zero-order chi connectivity index (χ0) is 13.2. The molecule has 0 saturated heterocycles. The molecule has 0 fully saturated rings. The summed E-state index contributed by atoms with van der Waals surface area (Å²) < 4.78 is 11.1. The van der Waals surface area contributed by atoms with Crippen molar-refractivity contribution in [3.63, 3.8) is 0 Å². The van der Waals surface area contributed by atoms with Gasteiger partial charge in [-0.3, -0.25) is 0 Å². The van der Waals surface area contributed by atoms with Gasteiger partial charge in [-0.1, -0.05) is 36.4 Å². The van der Waals surface area contributed by atoms with Crippen LogP contribution in [0, 0.1) is 0 Å². The Kier molecular flexibility index (Phi) is 6.54. The average Bonchev–Trinajstić information content (AvgIpc) is 2.48. The maximum absolute atomic E-state index is 5.54. The van der Waals surface area contributed by atoms with Crippen molar-refractivity contribution in [3.8, 4) is 11.5 Å². The Morgan fingerprint density at radius 2 is 1.05 bits per heavy atom. The molecule has 0 bridgehead atoms. The SMILES string of the molecule is c1ccc(OSCCCSOc2ccccc2)cc1. The highest BCUT2D eigenvalue weighted by Gasteiger charge is 1.96. The first-order valence-electron chi connectivity index (χ1n) is 6.14. The minimum Gasteiger partial charge on any atom is -0.426 e. The second-order valence-electron chi connectivity index (χ2n) is 3.79. The van der Waals surface area contributed by atoms with E-state index in [1.807, 2.05) is 60.7 Å². The lowest BCUT2D eigenvalue weighted by atomic mass is 10.3. The van der Waals surface area contributed by atoms with Crippen molar-refractivity contribution in [2.45, 2.75) is 6.42 Å². The molecule has 0 unspecified atom stereocenters. The van der Waals surface area contributed by atoms with Crippen molar-refractivity contribution in [2.75, 3.05) is 11.5 Å². The third-order valence-electron chi connectivity index (χ3n) is 2.25. The van der Waals surface area contributed by atoms with Crippen LogP contribution in [0.2, 0.25) is 0 Å². The summed E-state index contributed by atoms with van der Waals surface area (Å²) >= 11 is 2.97. The molecule has 0 aliphatic heterocycles. The van der Waals surface area contributed by atoms with Gasteiger partial charge in [-0.2, -0.15) is 0 Å². The molecule has 0 heterocycles. The van der Waals surface area contributed by atoms with E-state index in [1.165, 1.54) is 24.1 Å². The van der Waals surface area contributed by atoms with E-state index in [9.17, 15) is 0 Å². The number of hydrogen-bond donors (Lipinski definition) is 0. The van der Waals surface area contributed by atoms with Crippen LogP contribution in [-0.2, 0) is 0 Å². The molecule has 19 heavy (non-hydrogen) atoms. The Morgan fingerprint density at radius 1 is 0.632 bits per heavy atom. The molecule has 0 aromatic heterocycles. The van der Waals surface area contributed by atoms with E-state index >= 15 is 0 Å². The van der Waals surface area contributed by atoms with Gasteiger partial charge >= 0.3 is 0 Å². The van der Waals surface area contributed by atoms with Crippen molar-refractivity contribution < 1.29 is 8.37 Å².